The van der Waals surface area contributed by atoms with Gasteiger partial charge in [-0.1, -0.05) is 0 Å². The molecule has 2 N–H and O–H groups in total. The van der Waals surface area contributed by atoms with Crippen LogP contribution >= 0.6 is 0 Å². The molecular weight excluding hydrogens is 304 g/mol. The fourth-order valence-electron chi connectivity index (χ4n) is 3.48. The van der Waals surface area contributed by atoms with E-state index in [0.29, 0.717) is 12.1 Å². The van der Waals surface area contributed by atoms with E-state index >= 15 is 0 Å². The molecular formula is C18H28N4O2. The van der Waals surface area contributed by atoms with Crippen molar-refractivity contribution in [3.8, 4) is 5.75 Å². The SMILES string of the molecule is Cc1cnccc1OC1CCN(C(=O)NC2CCNC(C)C2)CC1. The first-order chi connectivity index (χ1) is 11.6. The van der Waals surface area contributed by atoms with Gasteiger partial charge in [0.25, 0.3) is 0 Å². The molecule has 24 heavy (non-hydrogen) atoms. The molecule has 132 valence electrons. The van der Waals surface area contributed by atoms with Gasteiger partial charge >= 0.3 is 6.03 Å². The highest BCUT2D eigenvalue weighted by molar-refractivity contribution is 5.74. The molecule has 0 spiro atoms. The number of hydrogen-bond donors (Lipinski definition) is 2. The maximum atomic E-state index is 12.4. The van der Waals surface area contributed by atoms with Crippen molar-refractivity contribution in [2.24, 2.45) is 0 Å². The molecule has 0 saturated carbocycles. The summed E-state index contributed by atoms with van der Waals surface area (Å²) in [5, 5.41) is 6.60. The Labute approximate surface area is 144 Å². The van der Waals surface area contributed by atoms with Gasteiger partial charge in [-0.25, -0.2) is 4.79 Å². The number of aromatic nitrogens is 1. The van der Waals surface area contributed by atoms with Gasteiger partial charge in [0.1, 0.15) is 11.9 Å². The van der Waals surface area contributed by atoms with Crippen LogP contribution in [0.25, 0.3) is 0 Å². The van der Waals surface area contributed by atoms with Gasteiger partial charge in [-0.15, -0.1) is 0 Å². The Bertz CT molecular complexity index is 558. The van der Waals surface area contributed by atoms with Crippen LogP contribution in [0.15, 0.2) is 18.5 Å². The molecule has 0 bridgehead atoms. The van der Waals surface area contributed by atoms with Crippen LogP contribution in [-0.2, 0) is 0 Å². The summed E-state index contributed by atoms with van der Waals surface area (Å²) < 4.78 is 6.07. The van der Waals surface area contributed by atoms with E-state index in [1.165, 1.54) is 0 Å². The van der Waals surface area contributed by atoms with Crippen LogP contribution < -0.4 is 15.4 Å². The number of ether oxygens (including phenoxy) is 1. The second-order valence-electron chi connectivity index (χ2n) is 6.97. The summed E-state index contributed by atoms with van der Waals surface area (Å²) in [5.74, 6) is 0.900. The van der Waals surface area contributed by atoms with Crippen molar-refractivity contribution in [3.63, 3.8) is 0 Å². The largest absolute Gasteiger partial charge is 0.490 e. The van der Waals surface area contributed by atoms with E-state index in [4.69, 9.17) is 4.74 Å². The Morgan fingerprint density at radius 2 is 2.17 bits per heavy atom. The summed E-state index contributed by atoms with van der Waals surface area (Å²) >= 11 is 0. The van der Waals surface area contributed by atoms with Crippen molar-refractivity contribution in [2.45, 2.75) is 57.7 Å². The van der Waals surface area contributed by atoms with Crippen molar-refractivity contribution >= 4 is 6.03 Å². The minimum Gasteiger partial charge on any atom is -0.490 e. The topological polar surface area (TPSA) is 66.5 Å². The molecule has 6 heteroatoms. The molecule has 3 rings (SSSR count). The van der Waals surface area contributed by atoms with Crippen LogP contribution in [0.2, 0.25) is 0 Å². The maximum Gasteiger partial charge on any atom is 0.317 e. The van der Waals surface area contributed by atoms with Gasteiger partial charge in [-0.3, -0.25) is 4.98 Å². The van der Waals surface area contributed by atoms with E-state index in [-0.39, 0.29) is 12.1 Å². The lowest BCUT2D eigenvalue weighted by atomic mass is 10.0. The lowest BCUT2D eigenvalue weighted by Crippen LogP contribution is -2.52. The zero-order valence-electron chi connectivity index (χ0n) is 14.6. The first kappa shape index (κ1) is 17.0. The van der Waals surface area contributed by atoms with Gasteiger partial charge in [-0.05, 0) is 39.3 Å². The van der Waals surface area contributed by atoms with Gasteiger partial charge in [-0.2, -0.15) is 0 Å². The number of nitrogens with zero attached hydrogens (tertiary/aromatic N) is 2. The molecule has 0 aromatic carbocycles. The number of pyridine rings is 1. The number of piperidine rings is 2. The Morgan fingerprint density at radius 1 is 1.38 bits per heavy atom. The predicted molar refractivity (Wildman–Crippen MR) is 93.2 cm³/mol. The number of urea groups is 1. The number of aryl methyl sites for hydroxylation is 1. The zero-order valence-corrected chi connectivity index (χ0v) is 14.6. The Hall–Kier alpha value is -1.82. The molecule has 2 aliphatic heterocycles. The van der Waals surface area contributed by atoms with E-state index in [9.17, 15) is 4.79 Å². The average molecular weight is 332 g/mol. The van der Waals surface area contributed by atoms with E-state index in [1.54, 1.807) is 6.20 Å². The molecule has 6 nitrogen and oxygen atoms in total. The maximum absolute atomic E-state index is 12.4. The minimum atomic E-state index is 0.0765. The fraction of sp³-hybridized carbons (Fsp3) is 0.667. The monoisotopic (exact) mass is 332 g/mol. The van der Waals surface area contributed by atoms with Crippen LogP contribution in [0.4, 0.5) is 4.79 Å². The lowest BCUT2D eigenvalue weighted by molar-refractivity contribution is 0.108. The molecule has 1 aromatic rings. The number of nitrogens with one attached hydrogen (secondary N) is 2. The highest BCUT2D eigenvalue weighted by Gasteiger charge is 2.27. The highest BCUT2D eigenvalue weighted by atomic mass is 16.5. The van der Waals surface area contributed by atoms with Gasteiger partial charge in [0.2, 0.25) is 0 Å². The third kappa shape index (κ3) is 4.38. The second-order valence-corrected chi connectivity index (χ2v) is 6.97. The highest BCUT2D eigenvalue weighted by Crippen LogP contribution is 2.21. The molecule has 2 aliphatic rings. The smallest absolute Gasteiger partial charge is 0.317 e. The van der Waals surface area contributed by atoms with Crippen molar-refractivity contribution < 1.29 is 9.53 Å². The van der Waals surface area contributed by atoms with Crippen molar-refractivity contribution in [2.75, 3.05) is 19.6 Å². The summed E-state index contributed by atoms with van der Waals surface area (Å²) in [6, 6.07) is 2.76. The summed E-state index contributed by atoms with van der Waals surface area (Å²) in [7, 11) is 0. The average Bonchev–Trinajstić information content (AvgIpc) is 2.57. The van der Waals surface area contributed by atoms with E-state index < -0.39 is 0 Å². The number of carbonyl (C=O) groups excluding carboxylic acids is 1. The molecule has 2 fully saturated rings. The van der Waals surface area contributed by atoms with E-state index in [1.807, 2.05) is 24.1 Å². The quantitative estimate of drug-likeness (QED) is 0.889. The van der Waals surface area contributed by atoms with Crippen LogP contribution in [0.3, 0.4) is 0 Å². The van der Waals surface area contributed by atoms with E-state index in [2.05, 4.69) is 22.5 Å². The Balaban J connectivity index is 1.44. The summed E-state index contributed by atoms with van der Waals surface area (Å²) in [6.07, 6.45) is 7.51. The number of likely N-dealkylation sites (tertiary alicyclic amines) is 1. The van der Waals surface area contributed by atoms with Crippen molar-refractivity contribution in [1.29, 1.82) is 0 Å². The fourth-order valence-corrected chi connectivity index (χ4v) is 3.48. The summed E-state index contributed by atoms with van der Waals surface area (Å²) in [6.45, 7) is 6.66. The molecule has 0 aliphatic carbocycles. The van der Waals surface area contributed by atoms with E-state index in [0.717, 1.165) is 56.6 Å². The summed E-state index contributed by atoms with van der Waals surface area (Å²) in [4.78, 5) is 18.4. The molecule has 2 unspecified atom stereocenters. The molecule has 2 amide bonds. The molecule has 0 radical (unpaired) electrons. The molecule has 3 heterocycles. The summed E-state index contributed by atoms with van der Waals surface area (Å²) in [5.41, 5.74) is 1.05. The van der Waals surface area contributed by atoms with Crippen molar-refractivity contribution in [3.05, 3.63) is 24.0 Å². The minimum absolute atomic E-state index is 0.0765. The van der Waals surface area contributed by atoms with Crippen LogP contribution in [0.1, 0.15) is 38.2 Å². The van der Waals surface area contributed by atoms with Gasteiger partial charge in [0.15, 0.2) is 0 Å². The lowest BCUT2D eigenvalue weighted by Gasteiger charge is -2.35. The normalized spacial score (nSPS) is 25.3. The van der Waals surface area contributed by atoms with Gasteiger partial charge in [0, 0.05) is 56.0 Å². The number of hydrogen-bond acceptors (Lipinski definition) is 4. The Kier molecular flexibility index (Phi) is 5.56. The second kappa shape index (κ2) is 7.83. The molecule has 1 aromatic heterocycles. The van der Waals surface area contributed by atoms with Crippen molar-refractivity contribution in [1.82, 2.24) is 20.5 Å². The third-order valence-electron chi connectivity index (χ3n) is 4.94. The first-order valence-electron chi connectivity index (χ1n) is 8.98. The van der Waals surface area contributed by atoms with Gasteiger partial charge in [0.05, 0.1) is 0 Å². The first-order valence-corrected chi connectivity index (χ1v) is 8.98. The van der Waals surface area contributed by atoms with Crippen LogP contribution in [-0.4, -0.2) is 53.7 Å². The van der Waals surface area contributed by atoms with Crippen LogP contribution in [0, 0.1) is 6.92 Å². The molecule has 2 saturated heterocycles. The number of carbonyl (C=O) groups is 1. The Morgan fingerprint density at radius 3 is 2.88 bits per heavy atom. The number of rotatable bonds is 3. The predicted octanol–water partition coefficient (Wildman–Crippen LogP) is 2.08. The number of amides is 2. The van der Waals surface area contributed by atoms with Crippen LogP contribution in [0.5, 0.6) is 5.75 Å². The zero-order chi connectivity index (χ0) is 16.9. The third-order valence-corrected chi connectivity index (χ3v) is 4.94. The standard InChI is InChI=1S/C18H28N4O2/c1-13-12-19-7-4-17(13)24-16-5-9-22(10-6-16)18(23)21-15-3-8-20-14(2)11-15/h4,7,12,14-16,20H,3,5-6,8-11H2,1-2H3,(H,21,23). The molecule has 2 atom stereocenters. The van der Waals surface area contributed by atoms with Gasteiger partial charge < -0.3 is 20.3 Å².